The van der Waals surface area contributed by atoms with E-state index >= 15 is 0 Å². The van der Waals surface area contributed by atoms with Crippen LogP contribution < -0.4 is 0 Å². The van der Waals surface area contributed by atoms with Gasteiger partial charge < -0.3 is 25.2 Å². The molecule has 0 aliphatic rings. The third kappa shape index (κ3) is 6.48. The summed E-state index contributed by atoms with van der Waals surface area (Å²) in [6.07, 6.45) is -1.48. The molecule has 0 aromatic carbocycles. The Morgan fingerprint density at radius 1 is 1.10 bits per heavy atom. The number of carbonyl (C=O) groups is 3. The molecule has 0 aliphatic heterocycles. The third-order valence-electron chi connectivity index (χ3n) is 2.94. The zero-order valence-electron chi connectivity index (χ0n) is 11.5. The van der Waals surface area contributed by atoms with E-state index in [1.807, 2.05) is 0 Å². The highest BCUT2D eigenvalue weighted by Gasteiger charge is 2.41. The number of aliphatic carboxylic acids is 2. The lowest BCUT2D eigenvalue weighted by atomic mass is 9.96. The van der Waals surface area contributed by atoms with Crippen LogP contribution >= 0.6 is 0 Å². The molecule has 4 N–H and O–H groups in total. The average molecular weight is 292 g/mol. The summed E-state index contributed by atoms with van der Waals surface area (Å²) in [7, 11) is 0. The Balaban J connectivity index is 4.42. The van der Waals surface area contributed by atoms with E-state index in [0.717, 1.165) is 0 Å². The molecule has 0 fully saturated rings. The van der Waals surface area contributed by atoms with E-state index in [9.17, 15) is 24.6 Å². The fourth-order valence-corrected chi connectivity index (χ4v) is 1.32. The molecule has 2 unspecified atom stereocenters. The summed E-state index contributed by atoms with van der Waals surface area (Å²) in [5.41, 5.74) is -3.71. The highest BCUT2D eigenvalue weighted by molar-refractivity contribution is 5.88. The Kier molecular flexibility index (Phi) is 6.60. The van der Waals surface area contributed by atoms with E-state index < -0.39 is 42.0 Å². The molecule has 0 saturated heterocycles. The molecule has 0 aromatic rings. The number of hydrogen-bond acceptors (Lipinski definition) is 6. The SMILES string of the molecule is CCC(C)(O)CCOC(=O)CC(O)(CC(=O)O)C(=O)O. The first-order valence-electron chi connectivity index (χ1n) is 6.08. The predicted octanol–water partition coefficient (Wildman–Crippen LogP) is -0.239. The number of esters is 1. The van der Waals surface area contributed by atoms with Gasteiger partial charge in [-0.1, -0.05) is 6.92 Å². The molecule has 0 amide bonds. The zero-order chi connectivity index (χ0) is 16.0. The summed E-state index contributed by atoms with van der Waals surface area (Å²) < 4.78 is 4.69. The van der Waals surface area contributed by atoms with Crippen LogP contribution in [0.3, 0.4) is 0 Å². The molecule has 8 heteroatoms. The van der Waals surface area contributed by atoms with Crippen molar-refractivity contribution in [1.82, 2.24) is 0 Å². The van der Waals surface area contributed by atoms with Gasteiger partial charge in [0.1, 0.15) is 0 Å². The standard InChI is InChI=1S/C12H20O8/c1-3-11(2,18)4-5-20-9(15)7-12(19,10(16)17)6-8(13)14/h18-19H,3-7H2,1-2H3,(H,13,14)(H,16,17). The van der Waals surface area contributed by atoms with Gasteiger partial charge in [0.25, 0.3) is 0 Å². The lowest BCUT2D eigenvalue weighted by molar-refractivity contribution is -0.172. The van der Waals surface area contributed by atoms with Crippen LogP contribution in [0.2, 0.25) is 0 Å². The lowest BCUT2D eigenvalue weighted by Crippen LogP contribution is -2.43. The van der Waals surface area contributed by atoms with Crippen LogP contribution in [0.1, 0.15) is 39.5 Å². The number of carboxylic acids is 2. The minimum atomic E-state index is -2.70. The van der Waals surface area contributed by atoms with Crippen LogP contribution in [-0.2, 0) is 19.1 Å². The third-order valence-corrected chi connectivity index (χ3v) is 2.94. The molecular formula is C12H20O8. The van der Waals surface area contributed by atoms with Gasteiger partial charge in [-0.25, -0.2) is 4.79 Å². The summed E-state index contributed by atoms with van der Waals surface area (Å²) in [5, 5.41) is 36.5. The van der Waals surface area contributed by atoms with E-state index in [-0.39, 0.29) is 13.0 Å². The number of carbonyl (C=O) groups excluding carboxylic acids is 1. The maximum absolute atomic E-state index is 11.4. The first-order valence-corrected chi connectivity index (χ1v) is 6.08. The number of carboxylic acid groups (broad SMARTS) is 2. The Morgan fingerprint density at radius 2 is 1.65 bits per heavy atom. The van der Waals surface area contributed by atoms with Gasteiger partial charge in [-0.05, 0) is 13.3 Å². The maximum atomic E-state index is 11.4. The van der Waals surface area contributed by atoms with Crippen molar-refractivity contribution < 1.29 is 39.5 Å². The van der Waals surface area contributed by atoms with Crippen LogP contribution in [-0.4, -0.2) is 56.1 Å². The highest BCUT2D eigenvalue weighted by Crippen LogP contribution is 2.18. The Labute approximate surface area is 116 Å². The van der Waals surface area contributed by atoms with Crippen molar-refractivity contribution in [3.63, 3.8) is 0 Å². The number of ether oxygens (including phenoxy) is 1. The first kappa shape index (κ1) is 18.3. The molecule has 20 heavy (non-hydrogen) atoms. The molecule has 0 rings (SSSR count). The van der Waals surface area contributed by atoms with Crippen LogP contribution in [0.5, 0.6) is 0 Å². The van der Waals surface area contributed by atoms with Gasteiger partial charge >= 0.3 is 17.9 Å². The van der Waals surface area contributed by atoms with E-state index in [2.05, 4.69) is 0 Å². The molecule has 0 aliphatic carbocycles. The van der Waals surface area contributed by atoms with Crippen molar-refractivity contribution in [2.45, 2.75) is 50.7 Å². The lowest BCUT2D eigenvalue weighted by Gasteiger charge is -2.22. The minimum absolute atomic E-state index is 0.150. The molecule has 2 atom stereocenters. The second-order valence-corrected chi connectivity index (χ2v) is 4.90. The van der Waals surface area contributed by atoms with E-state index in [1.54, 1.807) is 13.8 Å². The normalized spacial score (nSPS) is 16.8. The summed E-state index contributed by atoms with van der Waals surface area (Å²) in [6.45, 7) is 3.15. The van der Waals surface area contributed by atoms with Crippen molar-refractivity contribution in [1.29, 1.82) is 0 Å². The second kappa shape index (κ2) is 7.20. The quantitative estimate of drug-likeness (QED) is 0.427. The van der Waals surface area contributed by atoms with Crippen LogP contribution in [0.25, 0.3) is 0 Å². The van der Waals surface area contributed by atoms with Gasteiger partial charge in [-0.3, -0.25) is 9.59 Å². The van der Waals surface area contributed by atoms with Gasteiger partial charge in [0.05, 0.1) is 25.0 Å². The second-order valence-electron chi connectivity index (χ2n) is 4.90. The van der Waals surface area contributed by atoms with Gasteiger partial charge in [-0.15, -0.1) is 0 Å². The number of hydrogen-bond donors (Lipinski definition) is 4. The van der Waals surface area contributed by atoms with Crippen molar-refractivity contribution in [3.8, 4) is 0 Å². The molecule has 0 spiro atoms. The predicted molar refractivity (Wildman–Crippen MR) is 65.9 cm³/mol. The number of rotatable bonds is 9. The van der Waals surface area contributed by atoms with Gasteiger partial charge in [0.2, 0.25) is 0 Å². The average Bonchev–Trinajstić information content (AvgIpc) is 2.27. The van der Waals surface area contributed by atoms with Crippen LogP contribution in [0.15, 0.2) is 0 Å². The molecule has 0 aromatic heterocycles. The molecule has 116 valence electrons. The number of aliphatic hydroxyl groups is 2. The van der Waals surface area contributed by atoms with Crippen LogP contribution in [0, 0.1) is 0 Å². The van der Waals surface area contributed by atoms with Crippen molar-refractivity contribution in [2.75, 3.05) is 6.61 Å². The van der Waals surface area contributed by atoms with Gasteiger partial charge in [0.15, 0.2) is 5.60 Å². The van der Waals surface area contributed by atoms with Crippen molar-refractivity contribution >= 4 is 17.9 Å². The molecule has 0 radical (unpaired) electrons. The Hall–Kier alpha value is -1.67. The topological polar surface area (TPSA) is 141 Å². The molecule has 0 heterocycles. The molecule has 0 bridgehead atoms. The summed E-state index contributed by atoms with van der Waals surface area (Å²) in [6, 6.07) is 0. The van der Waals surface area contributed by atoms with Crippen LogP contribution in [0.4, 0.5) is 0 Å². The van der Waals surface area contributed by atoms with E-state index in [4.69, 9.17) is 14.9 Å². The van der Waals surface area contributed by atoms with E-state index in [1.165, 1.54) is 0 Å². The Bertz CT molecular complexity index is 376. The Morgan fingerprint density at radius 3 is 2.05 bits per heavy atom. The fourth-order valence-electron chi connectivity index (χ4n) is 1.32. The molecule has 8 nitrogen and oxygen atoms in total. The maximum Gasteiger partial charge on any atom is 0.336 e. The minimum Gasteiger partial charge on any atom is -0.481 e. The summed E-state index contributed by atoms with van der Waals surface area (Å²) in [4.78, 5) is 32.7. The van der Waals surface area contributed by atoms with Gasteiger partial charge in [0, 0.05) is 6.42 Å². The summed E-state index contributed by atoms with van der Waals surface area (Å²) in [5.74, 6) is -4.39. The zero-order valence-corrected chi connectivity index (χ0v) is 11.5. The smallest absolute Gasteiger partial charge is 0.336 e. The van der Waals surface area contributed by atoms with Crippen molar-refractivity contribution in [3.05, 3.63) is 0 Å². The monoisotopic (exact) mass is 292 g/mol. The summed E-state index contributed by atoms with van der Waals surface area (Å²) >= 11 is 0. The highest BCUT2D eigenvalue weighted by atomic mass is 16.5. The first-order chi connectivity index (χ1) is 9.02. The molecular weight excluding hydrogens is 272 g/mol. The largest absolute Gasteiger partial charge is 0.481 e. The van der Waals surface area contributed by atoms with Gasteiger partial charge in [-0.2, -0.15) is 0 Å². The fraction of sp³-hybridized carbons (Fsp3) is 0.750. The molecule has 0 saturated carbocycles. The van der Waals surface area contributed by atoms with E-state index in [0.29, 0.717) is 6.42 Å². The van der Waals surface area contributed by atoms with Crippen molar-refractivity contribution in [2.24, 2.45) is 0 Å².